The van der Waals surface area contributed by atoms with Crippen LogP contribution in [-0.4, -0.2) is 61.7 Å². The second-order valence-electron chi connectivity index (χ2n) is 11.3. The van der Waals surface area contributed by atoms with E-state index in [1.54, 1.807) is 0 Å². The van der Waals surface area contributed by atoms with Crippen LogP contribution in [0.5, 0.6) is 0 Å². The number of aromatic amines is 1. The molecule has 0 aliphatic carbocycles. The van der Waals surface area contributed by atoms with Crippen LogP contribution < -0.4 is 21.7 Å². The molecule has 222 valence electrons. The van der Waals surface area contributed by atoms with Gasteiger partial charge in [-0.25, -0.2) is 0 Å². The number of nitrogens with two attached hydrogens (primary N) is 1. The van der Waals surface area contributed by atoms with Gasteiger partial charge in [0.2, 0.25) is 11.8 Å². The van der Waals surface area contributed by atoms with E-state index in [0.29, 0.717) is 32.6 Å². The van der Waals surface area contributed by atoms with Crippen molar-refractivity contribution in [2.45, 2.75) is 50.6 Å². The summed E-state index contributed by atoms with van der Waals surface area (Å²) < 4.78 is 6.01. The van der Waals surface area contributed by atoms with Gasteiger partial charge in [-0.05, 0) is 79.7 Å². The van der Waals surface area contributed by atoms with Crippen LogP contribution in [0.4, 0.5) is 0 Å². The maximum atomic E-state index is 13.9. The smallest absolute Gasteiger partial charge is 0.243 e. The number of amides is 2. The number of carbonyl (C=O) groups is 2. The third kappa shape index (κ3) is 7.97. The number of unbranched alkanes of at least 4 members (excludes halogenated alkanes) is 1. The highest BCUT2D eigenvalue weighted by Crippen LogP contribution is 2.21. The van der Waals surface area contributed by atoms with Crippen molar-refractivity contribution in [3.63, 3.8) is 0 Å². The zero-order chi connectivity index (χ0) is 29.1. The fourth-order valence-corrected chi connectivity index (χ4v) is 5.78. The number of fused-ring (bicyclic) bond motifs is 2. The molecule has 2 atom stereocenters. The summed E-state index contributed by atoms with van der Waals surface area (Å²) >= 11 is 0. The number of aromatic nitrogens is 1. The van der Waals surface area contributed by atoms with E-state index in [0.717, 1.165) is 71.6 Å². The Balaban J connectivity index is 1.34. The van der Waals surface area contributed by atoms with Gasteiger partial charge < -0.3 is 31.4 Å². The summed E-state index contributed by atoms with van der Waals surface area (Å²) in [5, 5.41) is 13.1. The predicted molar refractivity (Wildman–Crippen MR) is 168 cm³/mol. The fraction of sp³-hybridized carbons (Fsp3) is 0.412. The highest BCUT2D eigenvalue weighted by molar-refractivity contribution is 5.90. The summed E-state index contributed by atoms with van der Waals surface area (Å²) in [6.07, 6.45) is 6.34. The number of benzene rings is 3. The number of hydrogen-bond acceptors (Lipinski definition) is 5. The average molecular weight is 570 g/mol. The molecule has 1 aliphatic heterocycles. The normalized spacial score (nSPS) is 15.5. The summed E-state index contributed by atoms with van der Waals surface area (Å²) in [6, 6.07) is 21.6. The van der Waals surface area contributed by atoms with E-state index in [-0.39, 0.29) is 23.8 Å². The maximum absolute atomic E-state index is 13.9. The standard InChI is InChI=1S/C34H43N5O3/c35-15-5-6-18-42-23-29(21-28-22-37-31-10-4-3-9-30(28)31)38-34(41)32(39-33(40)26-13-16-36-17-14-26)20-24-11-12-25-7-1-2-8-27(25)19-24/h1-4,7-12,19,22,26,29,32,36-37H,5-6,13-18,20-21,23,35H2,(H,38,41)(H,39,40)/t29-,32-/m1/s1. The Morgan fingerprint density at radius 1 is 0.929 bits per heavy atom. The number of rotatable bonds is 14. The Labute approximate surface area is 247 Å². The minimum Gasteiger partial charge on any atom is -0.379 e. The third-order valence-corrected chi connectivity index (χ3v) is 8.15. The molecule has 2 heterocycles. The molecule has 8 heteroatoms. The zero-order valence-electron chi connectivity index (χ0n) is 24.2. The number of ether oxygens (including phenoxy) is 1. The maximum Gasteiger partial charge on any atom is 0.243 e. The van der Waals surface area contributed by atoms with Crippen LogP contribution >= 0.6 is 0 Å². The Hall–Kier alpha value is -3.72. The van der Waals surface area contributed by atoms with Gasteiger partial charge in [-0.1, -0.05) is 60.7 Å². The van der Waals surface area contributed by atoms with Gasteiger partial charge in [-0.15, -0.1) is 0 Å². The number of piperidine rings is 1. The van der Waals surface area contributed by atoms with Crippen LogP contribution in [0.3, 0.4) is 0 Å². The van der Waals surface area contributed by atoms with Crippen molar-refractivity contribution in [3.8, 4) is 0 Å². The molecule has 8 nitrogen and oxygen atoms in total. The summed E-state index contributed by atoms with van der Waals surface area (Å²) in [5.41, 5.74) is 8.83. The molecule has 1 saturated heterocycles. The van der Waals surface area contributed by atoms with E-state index >= 15 is 0 Å². The molecule has 0 unspecified atom stereocenters. The first kappa shape index (κ1) is 29.8. The van der Waals surface area contributed by atoms with E-state index in [1.165, 1.54) is 0 Å². The Morgan fingerprint density at radius 3 is 2.55 bits per heavy atom. The van der Waals surface area contributed by atoms with E-state index in [2.05, 4.69) is 51.3 Å². The highest BCUT2D eigenvalue weighted by atomic mass is 16.5. The zero-order valence-corrected chi connectivity index (χ0v) is 24.2. The van der Waals surface area contributed by atoms with Gasteiger partial charge >= 0.3 is 0 Å². The first-order valence-electron chi connectivity index (χ1n) is 15.2. The molecule has 6 N–H and O–H groups in total. The fourth-order valence-electron chi connectivity index (χ4n) is 5.78. The minimum absolute atomic E-state index is 0.0522. The van der Waals surface area contributed by atoms with Gasteiger partial charge in [0.25, 0.3) is 0 Å². The molecule has 1 aromatic heterocycles. The van der Waals surface area contributed by atoms with Crippen LogP contribution in [-0.2, 0) is 27.2 Å². The SMILES string of the molecule is NCCCCOC[C@@H](Cc1c[nH]c2ccccc12)NC(=O)[C@@H](Cc1ccc2ccccc2c1)NC(=O)C1CCNCC1. The Kier molecular flexibility index (Phi) is 10.6. The van der Waals surface area contributed by atoms with Crippen LogP contribution in [0.1, 0.15) is 36.8 Å². The van der Waals surface area contributed by atoms with E-state index in [1.807, 2.05) is 42.6 Å². The van der Waals surface area contributed by atoms with Crippen LogP contribution in [0, 0.1) is 5.92 Å². The minimum atomic E-state index is -0.698. The van der Waals surface area contributed by atoms with Gasteiger partial charge in [0.05, 0.1) is 12.6 Å². The molecule has 42 heavy (non-hydrogen) atoms. The van der Waals surface area contributed by atoms with Gasteiger partial charge in [-0.3, -0.25) is 9.59 Å². The molecule has 0 saturated carbocycles. The molecule has 2 amide bonds. The largest absolute Gasteiger partial charge is 0.379 e. The van der Waals surface area contributed by atoms with E-state index in [9.17, 15) is 9.59 Å². The van der Waals surface area contributed by atoms with Crippen molar-refractivity contribution >= 4 is 33.5 Å². The number of para-hydroxylation sites is 1. The molecule has 0 radical (unpaired) electrons. The quantitative estimate of drug-likeness (QED) is 0.148. The number of nitrogens with one attached hydrogen (secondary N) is 4. The lowest BCUT2D eigenvalue weighted by Gasteiger charge is -2.27. The second kappa shape index (κ2) is 15.0. The summed E-state index contributed by atoms with van der Waals surface area (Å²) in [6.45, 7) is 3.22. The van der Waals surface area contributed by atoms with Gasteiger partial charge in [0.15, 0.2) is 0 Å². The first-order chi connectivity index (χ1) is 20.6. The predicted octanol–water partition coefficient (Wildman–Crippen LogP) is 3.83. The number of hydrogen-bond donors (Lipinski definition) is 5. The van der Waals surface area contributed by atoms with Crippen LogP contribution in [0.15, 0.2) is 72.9 Å². The van der Waals surface area contributed by atoms with Gasteiger partial charge in [-0.2, -0.15) is 0 Å². The topological polar surface area (TPSA) is 121 Å². The van der Waals surface area contributed by atoms with E-state index < -0.39 is 6.04 Å². The lowest BCUT2D eigenvalue weighted by molar-refractivity contribution is -0.132. The molecule has 3 aromatic carbocycles. The monoisotopic (exact) mass is 569 g/mol. The van der Waals surface area contributed by atoms with Gasteiger partial charge in [0.1, 0.15) is 6.04 Å². The van der Waals surface area contributed by atoms with Gasteiger partial charge in [0, 0.05) is 36.0 Å². The average Bonchev–Trinajstić information content (AvgIpc) is 3.43. The summed E-state index contributed by atoms with van der Waals surface area (Å²) in [4.78, 5) is 30.6. The molecule has 4 aromatic rings. The van der Waals surface area contributed by atoms with E-state index in [4.69, 9.17) is 10.5 Å². The molecule has 1 fully saturated rings. The van der Waals surface area contributed by atoms with Crippen LogP contribution in [0.25, 0.3) is 21.7 Å². The molecule has 0 bridgehead atoms. The molecular weight excluding hydrogens is 526 g/mol. The van der Waals surface area contributed by atoms with Crippen molar-refractivity contribution in [1.29, 1.82) is 0 Å². The molecular formula is C34H43N5O3. The molecule has 0 spiro atoms. The third-order valence-electron chi connectivity index (χ3n) is 8.15. The number of H-pyrrole nitrogens is 1. The first-order valence-corrected chi connectivity index (χ1v) is 15.2. The van der Waals surface area contributed by atoms with Crippen molar-refractivity contribution in [2.24, 2.45) is 11.7 Å². The second-order valence-corrected chi connectivity index (χ2v) is 11.3. The lowest BCUT2D eigenvalue weighted by Crippen LogP contribution is -2.53. The Morgan fingerprint density at radius 2 is 1.71 bits per heavy atom. The van der Waals surface area contributed by atoms with Crippen molar-refractivity contribution in [2.75, 3.05) is 32.8 Å². The molecule has 5 rings (SSSR count). The summed E-state index contributed by atoms with van der Waals surface area (Å²) in [5.74, 6) is -0.337. The molecule has 1 aliphatic rings. The lowest BCUT2D eigenvalue weighted by atomic mass is 9.95. The Bertz CT molecular complexity index is 1460. The van der Waals surface area contributed by atoms with Crippen molar-refractivity contribution < 1.29 is 14.3 Å². The van der Waals surface area contributed by atoms with Crippen molar-refractivity contribution in [3.05, 3.63) is 84.1 Å². The number of carbonyl (C=O) groups excluding carboxylic acids is 2. The summed E-state index contributed by atoms with van der Waals surface area (Å²) in [7, 11) is 0. The van der Waals surface area contributed by atoms with Crippen LogP contribution in [0.2, 0.25) is 0 Å². The highest BCUT2D eigenvalue weighted by Gasteiger charge is 2.28. The van der Waals surface area contributed by atoms with Crippen molar-refractivity contribution in [1.82, 2.24) is 20.9 Å².